The van der Waals surface area contributed by atoms with Crippen LogP contribution in [0.5, 0.6) is 0 Å². The van der Waals surface area contributed by atoms with Gasteiger partial charge in [-0.2, -0.15) is 0 Å². The van der Waals surface area contributed by atoms with E-state index in [-0.39, 0.29) is 5.41 Å². The Kier molecular flexibility index (Phi) is 6.51. The van der Waals surface area contributed by atoms with Gasteiger partial charge in [0.15, 0.2) is 0 Å². The topological polar surface area (TPSA) is 3.24 Å². The van der Waals surface area contributed by atoms with E-state index in [0.29, 0.717) is 0 Å². The van der Waals surface area contributed by atoms with Crippen molar-refractivity contribution in [2.45, 2.75) is 24.7 Å². The van der Waals surface area contributed by atoms with Crippen molar-refractivity contribution in [1.29, 1.82) is 0 Å². The van der Waals surface area contributed by atoms with Gasteiger partial charge in [-0.25, -0.2) is 0 Å². The van der Waals surface area contributed by atoms with Crippen LogP contribution >= 0.6 is 0 Å². The zero-order chi connectivity index (χ0) is 34.2. The number of nitrogens with zero attached hydrogens (tertiary/aromatic N) is 1. The summed E-state index contributed by atoms with van der Waals surface area (Å²) in [5.74, 6) is 0. The van der Waals surface area contributed by atoms with Crippen LogP contribution in [0.2, 0.25) is 0 Å². The molecule has 51 heavy (non-hydrogen) atoms. The van der Waals surface area contributed by atoms with Crippen LogP contribution in [-0.2, 0) is 10.8 Å². The third-order valence-electron chi connectivity index (χ3n) is 11.5. The SMILES string of the molecule is CC1(C)c2ccccc2-c2cc3cccc(N(c4ccccc4)c4ccc5c(c4)-c4ccccc4C5(c4ccccc4)c4ccccc4)c3cc21. The van der Waals surface area contributed by atoms with Gasteiger partial charge in [0.25, 0.3) is 0 Å². The molecule has 0 radical (unpaired) electrons. The molecule has 0 aromatic heterocycles. The molecule has 2 aliphatic rings. The number of hydrogen-bond acceptors (Lipinski definition) is 1. The fraction of sp³-hybridized carbons (Fsp3) is 0.0800. The second-order valence-corrected chi connectivity index (χ2v) is 14.5. The number of anilines is 3. The van der Waals surface area contributed by atoms with E-state index in [2.05, 4.69) is 207 Å². The van der Waals surface area contributed by atoms with Crippen molar-refractivity contribution in [3.05, 3.63) is 221 Å². The van der Waals surface area contributed by atoms with E-state index in [4.69, 9.17) is 0 Å². The van der Waals surface area contributed by atoms with Crippen molar-refractivity contribution in [2.24, 2.45) is 0 Å². The molecule has 8 aromatic carbocycles. The zero-order valence-electron chi connectivity index (χ0n) is 28.8. The molecular formula is C50H37N. The molecule has 0 N–H and O–H groups in total. The van der Waals surface area contributed by atoms with E-state index in [9.17, 15) is 0 Å². The highest BCUT2D eigenvalue weighted by molar-refractivity contribution is 6.03. The minimum absolute atomic E-state index is 0.0830. The van der Waals surface area contributed by atoms with Crippen molar-refractivity contribution in [3.63, 3.8) is 0 Å². The average Bonchev–Trinajstić information content (AvgIpc) is 3.61. The van der Waals surface area contributed by atoms with E-state index >= 15 is 0 Å². The van der Waals surface area contributed by atoms with Gasteiger partial charge >= 0.3 is 0 Å². The van der Waals surface area contributed by atoms with E-state index < -0.39 is 5.41 Å². The van der Waals surface area contributed by atoms with Gasteiger partial charge < -0.3 is 4.90 Å². The lowest BCUT2D eigenvalue weighted by Gasteiger charge is -2.34. The first-order chi connectivity index (χ1) is 25.1. The van der Waals surface area contributed by atoms with Gasteiger partial charge in [-0.15, -0.1) is 0 Å². The molecule has 0 unspecified atom stereocenters. The summed E-state index contributed by atoms with van der Waals surface area (Å²) >= 11 is 0. The predicted octanol–water partition coefficient (Wildman–Crippen LogP) is 13.0. The smallest absolute Gasteiger partial charge is 0.0713 e. The summed E-state index contributed by atoms with van der Waals surface area (Å²) in [6, 6.07) is 69.6. The number of fused-ring (bicyclic) bond motifs is 7. The van der Waals surface area contributed by atoms with Crippen molar-refractivity contribution in [3.8, 4) is 22.3 Å². The summed E-state index contributed by atoms with van der Waals surface area (Å²) in [5.41, 5.74) is 16.2. The fourth-order valence-electron chi connectivity index (χ4n) is 9.23. The van der Waals surface area contributed by atoms with Crippen LogP contribution in [0.4, 0.5) is 17.1 Å². The van der Waals surface area contributed by atoms with Crippen molar-refractivity contribution in [2.75, 3.05) is 4.90 Å². The molecule has 0 amide bonds. The molecule has 0 aliphatic heterocycles. The van der Waals surface area contributed by atoms with Gasteiger partial charge in [0.1, 0.15) is 0 Å². The van der Waals surface area contributed by atoms with Gasteiger partial charge in [0.05, 0.1) is 11.1 Å². The van der Waals surface area contributed by atoms with Crippen molar-refractivity contribution in [1.82, 2.24) is 0 Å². The monoisotopic (exact) mass is 651 g/mol. The first kappa shape index (κ1) is 29.7. The fourth-order valence-corrected chi connectivity index (χ4v) is 9.23. The third-order valence-corrected chi connectivity index (χ3v) is 11.5. The standard InChI is InChI=1S/C50H37N/c1-49(2)44-26-14-12-24-39(44)42-31-34-17-16-28-48(41(34)33-47(42)49)51(37-22-10-5-11-23-37)38-29-30-46-43(32-38)40-25-13-15-27-45(40)50(46,35-18-6-3-7-19-35)36-20-8-4-9-21-36/h3-33H,1-2H3. The number of benzene rings is 8. The lowest BCUT2D eigenvalue weighted by Crippen LogP contribution is -2.28. The Hall–Kier alpha value is -6.18. The number of hydrogen-bond donors (Lipinski definition) is 0. The Morgan fingerprint density at radius 3 is 1.61 bits per heavy atom. The summed E-state index contributed by atoms with van der Waals surface area (Å²) in [6.45, 7) is 4.73. The highest BCUT2D eigenvalue weighted by Gasteiger charge is 2.46. The maximum Gasteiger partial charge on any atom is 0.0713 e. The Balaban J connectivity index is 1.23. The van der Waals surface area contributed by atoms with E-state index in [1.165, 1.54) is 72.1 Å². The Labute approximate surface area is 300 Å². The van der Waals surface area contributed by atoms with Crippen molar-refractivity contribution >= 4 is 27.8 Å². The Bertz CT molecular complexity index is 2560. The summed E-state index contributed by atoms with van der Waals surface area (Å²) in [4.78, 5) is 2.46. The van der Waals surface area contributed by atoms with Crippen LogP contribution in [0, 0.1) is 0 Å². The number of para-hydroxylation sites is 1. The quantitative estimate of drug-likeness (QED) is 0.179. The normalized spacial score (nSPS) is 14.4. The van der Waals surface area contributed by atoms with Crippen molar-refractivity contribution < 1.29 is 0 Å². The molecule has 1 heteroatoms. The number of rotatable bonds is 5. The molecule has 8 aromatic rings. The van der Waals surface area contributed by atoms with E-state index in [1.54, 1.807) is 0 Å². The maximum absolute atomic E-state index is 2.47. The molecule has 0 atom stereocenters. The summed E-state index contributed by atoms with van der Waals surface area (Å²) in [7, 11) is 0. The molecule has 242 valence electrons. The van der Waals surface area contributed by atoms with E-state index in [0.717, 1.165) is 11.4 Å². The van der Waals surface area contributed by atoms with Gasteiger partial charge in [0, 0.05) is 22.2 Å². The third kappa shape index (κ3) is 4.22. The van der Waals surface area contributed by atoms with Crippen LogP contribution < -0.4 is 4.90 Å². The largest absolute Gasteiger partial charge is 0.310 e. The predicted molar refractivity (Wildman–Crippen MR) is 213 cm³/mol. The minimum atomic E-state index is -0.425. The summed E-state index contributed by atoms with van der Waals surface area (Å²) < 4.78 is 0. The molecule has 1 nitrogen and oxygen atoms in total. The van der Waals surface area contributed by atoms with Gasteiger partial charge in [-0.3, -0.25) is 0 Å². The summed E-state index contributed by atoms with van der Waals surface area (Å²) in [5, 5.41) is 2.50. The molecule has 0 saturated carbocycles. The molecule has 2 aliphatic carbocycles. The highest BCUT2D eigenvalue weighted by Crippen LogP contribution is 2.57. The first-order valence-corrected chi connectivity index (χ1v) is 17.9. The minimum Gasteiger partial charge on any atom is -0.310 e. The molecule has 0 saturated heterocycles. The lowest BCUT2D eigenvalue weighted by atomic mass is 9.68. The second kappa shape index (κ2) is 11.2. The molecule has 0 heterocycles. The van der Waals surface area contributed by atoms with Crippen LogP contribution in [0.3, 0.4) is 0 Å². The molecule has 0 bridgehead atoms. The van der Waals surface area contributed by atoms with Crippen LogP contribution in [0.15, 0.2) is 188 Å². The van der Waals surface area contributed by atoms with Gasteiger partial charge in [0.2, 0.25) is 0 Å². The summed E-state index contributed by atoms with van der Waals surface area (Å²) in [6.07, 6.45) is 0. The van der Waals surface area contributed by atoms with Crippen LogP contribution in [0.25, 0.3) is 33.0 Å². The average molecular weight is 652 g/mol. The van der Waals surface area contributed by atoms with Crippen LogP contribution in [-0.4, -0.2) is 0 Å². The molecular weight excluding hydrogens is 615 g/mol. The second-order valence-electron chi connectivity index (χ2n) is 14.5. The zero-order valence-corrected chi connectivity index (χ0v) is 28.8. The molecule has 0 fully saturated rings. The highest BCUT2D eigenvalue weighted by atomic mass is 15.1. The Morgan fingerprint density at radius 1 is 0.373 bits per heavy atom. The molecule has 0 spiro atoms. The van der Waals surface area contributed by atoms with Crippen LogP contribution in [0.1, 0.15) is 47.2 Å². The molecule has 10 rings (SSSR count). The maximum atomic E-state index is 2.47. The first-order valence-electron chi connectivity index (χ1n) is 17.9. The Morgan fingerprint density at radius 2 is 0.922 bits per heavy atom. The van der Waals surface area contributed by atoms with Gasteiger partial charge in [-0.05, 0) is 103 Å². The van der Waals surface area contributed by atoms with Gasteiger partial charge in [-0.1, -0.05) is 159 Å². The van der Waals surface area contributed by atoms with E-state index in [1.807, 2.05) is 0 Å². The lowest BCUT2D eigenvalue weighted by molar-refractivity contribution is 0.661.